The molecule has 0 amide bonds. The van der Waals surface area contributed by atoms with Gasteiger partial charge in [-0.1, -0.05) is 12.1 Å². The van der Waals surface area contributed by atoms with Crippen molar-refractivity contribution in [3.8, 4) is 11.5 Å². The summed E-state index contributed by atoms with van der Waals surface area (Å²) in [5.74, 6) is -1.18. The Bertz CT molecular complexity index is 322. The van der Waals surface area contributed by atoms with E-state index in [9.17, 15) is 9.90 Å². The maximum absolute atomic E-state index is 10.5. The van der Waals surface area contributed by atoms with Crippen LogP contribution < -0.4 is 4.74 Å². The van der Waals surface area contributed by atoms with E-state index in [-0.39, 0.29) is 12.4 Å². The molecule has 0 fully saturated rings. The van der Waals surface area contributed by atoms with Gasteiger partial charge in [-0.15, -0.1) is 0 Å². The topological polar surface area (TPSA) is 66.8 Å². The number of phenols is 1. The first kappa shape index (κ1) is 10.4. The van der Waals surface area contributed by atoms with Gasteiger partial charge < -0.3 is 14.9 Å². The molecule has 0 aliphatic heterocycles. The second-order valence-corrected chi connectivity index (χ2v) is 3.02. The van der Waals surface area contributed by atoms with Crippen LogP contribution >= 0.6 is 0 Å². The van der Waals surface area contributed by atoms with Crippen LogP contribution in [0.4, 0.5) is 0 Å². The van der Waals surface area contributed by atoms with E-state index >= 15 is 0 Å². The zero-order valence-electron chi connectivity index (χ0n) is 7.80. The summed E-state index contributed by atoms with van der Waals surface area (Å²) in [4.78, 5) is 10.5. The van der Waals surface area contributed by atoms with Gasteiger partial charge in [0.1, 0.15) is 6.61 Å². The Morgan fingerprint density at radius 1 is 1.50 bits per heavy atom. The van der Waals surface area contributed by atoms with E-state index in [4.69, 9.17) is 9.84 Å². The van der Waals surface area contributed by atoms with Crippen LogP contribution in [0.2, 0.25) is 0 Å². The number of benzene rings is 1. The third-order valence-corrected chi connectivity index (χ3v) is 1.78. The van der Waals surface area contributed by atoms with Crippen LogP contribution in [0.15, 0.2) is 24.3 Å². The third-order valence-electron chi connectivity index (χ3n) is 1.78. The van der Waals surface area contributed by atoms with Crippen LogP contribution in [0.5, 0.6) is 11.5 Å². The molecule has 0 aliphatic carbocycles. The summed E-state index contributed by atoms with van der Waals surface area (Å²) in [5, 5.41) is 17.9. The lowest BCUT2D eigenvalue weighted by Gasteiger charge is -2.09. The molecule has 0 saturated carbocycles. The van der Waals surface area contributed by atoms with Crippen molar-refractivity contribution in [2.24, 2.45) is 5.92 Å². The summed E-state index contributed by atoms with van der Waals surface area (Å²) in [7, 11) is 0. The molecule has 1 aromatic carbocycles. The normalized spacial score (nSPS) is 12.1. The van der Waals surface area contributed by atoms with Gasteiger partial charge in [-0.2, -0.15) is 0 Å². The fourth-order valence-electron chi connectivity index (χ4n) is 0.865. The highest BCUT2D eigenvalue weighted by Gasteiger charge is 2.12. The standard InChI is InChI=1S/C10H12O4/c1-7(10(12)13)6-14-9-5-3-2-4-8(9)11/h2-5,7,11H,6H2,1H3,(H,12,13). The lowest BCUT2D eigenvalue weighted by molar-refractivity contribution is -0.142. The minimum Gasteiger partial charge on any atom is -0.504 e. The van der Waals surface area contributed by atoms with Crippen LogP contribution in [-0.2, 0) is 4.79 Å². The second kappa shape index (κ2) is 4.50. The summed E-state index contributed by atoms with van der Waals surface area (Å²) < 4.78 is 5.13. The Labute approximate surface area is 81.8 Å². The lowest BCUT2D eigenvalue weighted by Crippen LogP contribution is -2.17. The SMILES string of the molecule is CC(COc1ccccc1O)C(=O)O. The predicted octanol–water partition coefficient (Wildman–Crippen LogP) is 1.49. The quantitative estimate of drug-likeness (QED) is 0.765. The van der Waals surface area contributed by atoms with Gasteiger partial charge in [0.15, 0.2) is 11.5 Å². The summed E-state index contributed by atoms with van der Waals surface area (Å²) in [6.07, 6.45) is 0. The van der Waals surface area contributed by atoms with Crippen molar-refractivity contribution in [1.82, 2.24) is 0 Å². The molecule has 0 bridgehead atoms. The number of para-hydroxylation sites is 2. The van der Waals surface area contributed by atoms with Crippen molar-refractivity contribution in [2.75, 3.05) is 6.61 Å². The van der Waals surface area contributed by atoms with Crippen molar-refractivity contribution in [3.63, 3.8) is 0 Å². The molecule has 1 rings (SSSR count). The Morgan fingerprint density at radius 2 is 2.14 bits per heavy atom. The van der Waals surface area contributed by atoms with E-state index in [2.05, 4.69) is 0 Å². The first-order valence-electron chi connectivity index (χ1n) is 4.25. The zero-order valence-corrected chi connectivity index (χ0v) is 7.80. The van der Waals surface area contributed by atoms with E-state index in [0.29, 0.717) is 5.75 Å². The predicted molar refractivity (Wildman–Crippen MR) is 50.4 cm³/mol. The molecule has 2 N–H and O–H groups in total. The smallest absolute Gasteiger partial charge is 0.309 e. The molecule has 0 aliphatic rings. The number of carboxylic acid groups (broad SMARTS) is 1. The van der Waals surface area contributed by atoms with Gasteiger partial charge in [0.25, 0.3) is 0 Å². The van der Waals surface area contributed by atoms with Gasteiger partial charge in [-0.05, 0) is 19.1 Å². The minimum absolute atomic E-state index is 0.0186. The summed E-state index contributed by atoms with van der Waals surface area (Å²) in [6, 6.07) is 6.45. The molecule has 76 valence electrons. The van der Waals surface area contributed by atoms with Gasteiger partial charge in [0, 0.05) is 0 Å². The molecule has 1 unspecified atom stereocenters. The molecular formula is C10H12O4. The Balaban J connectivity index is 2.54. The molecule has 0 radical (unpaired) electrons. The van der Waals surface area contributed by atoms with Gasteiger partial charge in [-0.25, -0.2) is 0 Å². The summed E-state index contributed by atoms with van der Waals surface area (Å²) >= 11 is 0. The van der Waals surface area contributed by atoms with Crippen LogP contribution in [-0.4, -0.2) is 22.8 Å². The highest BCUT2D eigenvalue weighted by atomic mass is 16.5. The highest BCUT2D eigenvalue weighted by molar-refractivity contribution is 5.69. The summed E-state index contributed by atoms with van der Waals surface area (Å²) in [6.45, 7) is 1.59. The Kier molecular flexibility index (Phi) is 3.34. The number of carboxylic acids is 1. The summed E-state index contributed by atoms with van der Waals surface area (Å²) in [5.41, 5.74) is 0. The van der Waals surface area contributed by atoms with Gasteiger partial charge in [0.2, 0.25) is 0 Å². The monoisotopic (exact) mass is 196 g/mol. The van der Waals surface area contributed by atoms with Crippen LogP contribution in [0.1, 0.15) is 6.92 Å². The Morgan fingerprint density at radius 3 is 2.71 bits per heavy atom. The highest BCUT2D eigenvalue weighted by Crippen LogP contribution is 2.24. The lowest BCUT2D eigenvalue weighted by atomic mass is 10.2. The molecule has 0 spiro atoms. The van der Waals surface area contributed by atoms with E-state index in [1.54, 1.807) is 25.1 Å². The number of aliphatic carboxylic acids is 1. The van der Waals surface area contributed by atoms with Crippen LogP contribution in [0.25, 0.3) is 0 Å². The average Bonchev–Trinajstić information content (AvgIpc) is 2.16. The van der Waals surface area contributed by atoms with Gasteiger partial charge in [-0.3, -0.25) is 4.79 Å². The largest absolute Gasteiger partial charge is 0.504 e. The fourth-order valence-corrected chi connectivity index (χ4v) is 0.865. The zero-order chi connectivity index (χ0) is 10.6. The van der Waals surface area contributed by atoms with E-state index < -0.39 is 11.9 Å². The molecule has 14 heavy (non-hydrogen) atoms. The Hall–Kier alpha value is -1.71. The number of hydrogen-bond acceptors (Lipinski definition) is 3. The first-order valence-corrected chi connectivity index (χ1v) is 4.25. The van der Waals surface area contributed by atoms with Crippen LogP contribution in [0, 0.1) is 5.92 Å². The van der Waals surface area contributed by atoms with Crippen molar-refractivity contribution < 1.29 is 19.7 Å². The third kappa shape index (κ3) is 2.65. The number of hydrogen-bond donors (Lipinski definition) is 2. The molecule has 4 nitrogen and oxygen atoms in total. The molecule has 0 heterocycles. The number of carbonyl (C=O) groups is 1. The van der Waals surface area contributed by atoms with Crippen molar-refractivity contribution in [1.29, 1.82) is 0 Å². The molecule has 4 heteroatoms. The first-order chi connectivity index (χ1) is 6.61. The van der Waals surface area contributed by atoms with E-state index in [1.165, 1.54) is 6.07 Å². The molecular weight excluding hydrogens is 184 g/mol. The minimum atomic E-state index is -0.916. The maximum Gasteiger partial charge on any atom is 0.309 e. The van der Waals surface area contributed by atoms with Gasteiger partial charge in [0.05, 0.1) is 5.92 Å². The molecule has 0 aromatic heterocycles. The number of rotatable bonds is 4. The van der Waals surface area contributed by atoms with Gasteiger partial charge >= 0.3 is 5.97 Å². The van der Waals surface area contributed by atoms with Crippen molar-refractivity contribution >= 4 is 5.97 Å². The van der Waals surface area contributed by atoms with E-state index in [1.807, 2.05) is 0 Å². The second-order valence-electron chi connectivity index (χ2n) is 3.02. The number of aromatic hydroxyl groups is 1. The number of phenolic OH excluding ortho intramolecular Hbond substituents is 1. The molecule has 1 aromatic rings. The van der Waals surface area contributed by atoms with Crippen molar-refractivity contribution in [2.45, 2.75) is 6.92 Å². The molecule has 0 saturated heterocycles. The molecule has 1 atom stereocenters. The maximum atomic E-state index is 10.5. The van der Waals surface area contributed by atoms with E-state index in [0.717, 1.165) is 0 Å². The number of ether oxygens (including phenoxy) is 1. The van der Waals surface area contributed by atoms with Crippen LogP contribution in [0.3, 0.4) is 0 Å². The van der Waals surface area contributed by atoms with Crippen molar-refractivity contribution in [3.05, 3.63) is 24.3 Å². The average molecular weight is 196 g/mol. The fraction of sp³-hybridized carbons (Fsp3) is 0.300.